The van der Waals surface area contributed by atoms with E-state index in [0.29, 0.717) is 23.1 Å². The molecule has 1 aliphatic heterocycles. The molecule has 2 aromatic rings. The number of rotatable bonds is 7. The van der Waals surface area contributed by atoms with Gasteiger partial charge in [-0.15, -0.1) is 0 Å². The van der Waals surface area contributed by atoms with E-state index in [-0.39, 0.29) is 23.8 Å². The summed E-state index contributed by atoms with van der Waals surface area (Å²) in [6, 6.07) is 7.62. The molecular weight excluding hydrogens is 350 g/mol. The van der Waals surface area contributed by atoms with E-state index in [9.17, 15) is 9.59 Å². The fourth-order valence-corrected chi connectivity index (χ4v) is 3.57. The summed E-state index contributed by atoms with van der Waals surface area (Å²) in [6.45, 7) is 4.79. The van der Waals surface area contributed by atoms with Crippen LogP contribution in [0, 0.1) is 0 Å². The molecule has 1 atom stereocenters. The second kappa shape index (κ2) is 8.40. The van der Waals surface area contributed by atoms with Gasteiger partial charge in [0.15, 0.2) is 5.16 Å². The third kappa shape index (κ3) is 4.09. The molecule has 2 N–H and O–H groups in total. The van der Waals surface area contributed by atoms with Gasteiger partial charge in [-0.2, -0.15) is 0 Å². The maximum Gasteiger partial charge on any atom is 0.257 e. The first kappa shape index (κ1) is 18.5. The predicted molar refractivity (Wildman–Crippen MR) is 103 cm³/mol. The van der Waals surface area contributed by atoms with Crippen molar-refractivity contribution in [2.75, 3.05) is 17.7 Å². The van der Waals surface area contributed by atoms with Crippen molar-refractivity contribution in [1.29, 1.82) is 0 Å². The van der Waals surface area contributed by atoms with Gasteiger partial charge < -0.3 is 15.0 Å². The number of H-pyrrole nitrogens is 1. The molecule has 2 heterocycles. The van der Waals surface area contributed by atoms with E-state index in [1.54, 1.807) is 0 Å². The number of unbranched alkanes of at least 4 members (excludes halogenated alkanes) is 1. The van der Waals surface area contributed by atoms with Crippen molar-refractivity contribution in [1.82, 2.24) is 9.97 Å². The molecule has 1 aromatic heterocycles. The molecule has 1 amide bonds. The first-order chi connectivity index (χ1) is 12.6. The van der Waals surface area contributed by atoms with Gasteiger partial charge >= 0.3 is 0 Å². The van der Waals surface area contributed by atoms with E-state index in [1.807, 2.05) is 31.2 Å². The Hall–Kier alpha value is -2.28. The number of aromatic amines is 1. The quantitative estimate of drug-likeness (QED) is 0.441. The molecule has 138 valence electrons. The molecule has 26 heavy (non-hydrogen) atoms. The second-order valence-electron chi connectivity index (χ2n) is 6.14. The van der Waals surface area contributed by atoms with Gasteiger partial charge in [0.05, 0.1) is 12.2 Å². The molecule has 6 nitrogen and oxygen atoms in total. The number of hydrogen-bond donors (Lipinski definition) is 2. The zero-order valence-corrected chi connectivity index (χ0v) is 15.8. The molecular formula is C19H23N3O3S. The van der Waals surface area contributed by atoms with Crippen molar-refractivity contribution in [2.24, 2.45) is 0 Å². The Morgan fingerprint density at radius 3 is 2.69 bits per heavy atom. The van der Waals surface area contributed by atoms with E-state index in [2.05, 4.69) is 22.2 Å². The first-order valence-electron chi connectivity index (χ1n) is 8.92. The summed E-state index contributed by atoms with van der Waals surface area (Å²) in [4.78, 5) is 32.0. The SMILES string of the molecule is CCCCOc1ccc([C@@H]2CC(=O)Nc3nc(SCC)[nH]c(=O)c32)cc1. The number of nitrogens with one attached hydrogen (secondary N) is 2. The molecule has 0 bridgehead atoms. The Morgan fingerprint density at radius 2 is 2.00 bits per heavy atom. The van der Waals surface area contributed by atoms with Crippen LogP contribution in [0.5, 0.6) is 5.75 Å². The summed E-state index contributed by atoms with van der Waals surface area (Å²) in [7, 11) is 0. The van der Waals surface area contributed by atoms with Crippen LogP contribution in [0.2, 0.25) is 0 Å². The zero-order valence-electron chi connectivity index (χ0n) is 15.0. The topological polar surface area (TPSA) is 84.1 Å². The number of amides is 1. The lowest BCUT2D eigenvalue weighted by Crippen LogP contribution is -2.31. The maximum atomic E-state index is 12.6. The Morgan fingerprint density at radius 1 is 1.23 bits per heavy atom. The third-order valence-electron chi connectivity index (χ3n) is 4.26. The minimum atomic E-state index is -0.305. The Labute approximate surface area is 156 Å². The summed E-state index contributed by atoms with van der Waals surface area (Å²) < 4.78 is 5.68. The smallest absolute Gasteiger partial charge is 0.257 e. The van der Waals surface area contributed by atoms with Crippen LogP contribution in [0.3, 0.4) is 0 Å². The number of ether oxygens (including phenoxy) is 1. The van der Waals surface area contributed by atoms with Crippen LogP contribution in [0.15, 0.2) is 34.2 Å². The number of nitrogens with zero attached hydrogens (tertiary/aromatic N) is 1. The van der Waals surface area contributed by atoms with Crippen LogP contribution in [0.4, 0.5) is 5.82 Å². The van der Waals surface area contributed by atoms with Gasteiger partial charge in [0.1, 0.15) is 11.6 Å². The fraction of sp³-hybridized carbons (Fsp3) is 0.421. The highest BCUT2D eigenvalue weighted by Gasteiger charge is 2.30. The highest BCUT2D eigenvalue weighted by atomic mass is 32.2. The monoisotopic (exact) mass is 373 g/mol. The number of aromatic nitrogens is 2. The molecule has 1 aromatic carbocycles. The lowest BCUT2D eigenvalue weighted by atomic mass is 9.87. The van der Waals surface area contributed by atoms with Crippen LogP contribution in [-0.2, 0) is 4.79 Å². The van der Waals surface area contributed by atoms with Crippen LogP contribution >= 0.6 is 11.8 Å². The largest absolute Gasteiger partial charge is 0.494 e. The van der Waals surface area contributed by atoms with E-state index in [0.717, 1.165) is 29.9 Å². The van der Waals surface area contributed by atoms with Crippen molar-refractivity contribution >= 4 is 23.5 Å². The standard InChI is InChI=1S/C19H23N3O3S/c1-3-5-10-25-13-8-6-12(7-9-13)14-11-15(23)20-17-16(14)18(24)22-19(21-17)26-4-2/h6-9,14H,3-5,10-11H2,1-2H3,(H2,20,21,22,23,24)/t14-/m0/s1. The summed E-state index contributed by atoms with van der Waals surface area (Å²) in [6.07, 6.45) is 2.32. The number of anilines is 1. The number of hydrogen-bond acceptors (Lipinski definition) is 5. The molecule has 0 spiro atoms. The average molecular weight is 373 g/mol. The Kier molecular flexibility index (Phi) is 5.98. The molecule has 0 saturated carbocycles. The lowest BCUT2D eigenvalue weighted by molar-refractivity contribution is -0.116. The zero-order chi connectivity index (χ0) is 18.5. The molecule has 0 fully saturated rings. The van der Waals surface area contributed by atoms with E-state index in [1.165, 1.54) is 11.8 Å². The highest BCUT2D eigenvalue weighted by Crippen LogP contribution is 2.35. The Bertz CT molecular complexity index is 833. The van der Waals surface area contributed by atoms with Crippen LogP contribution < -0.4 is 15.6 Å². The molecule has 0 unspecified atom stereocenters. The third-order valence-corrected chi connectivity index (χ3v) is 5.01. The summed E-state index contributed by atoms with van der Waals surface area (Å²) in [5, 5.41) is 3.26. The summed E-state index contributed by atoms with van der Waals surface area (Å²) >= 11 is 1.44. The van der Waals surface area contributed by atoms with Crippen LogP contribution in [0.25, 0.3) is 0 Å². The molecule has 7 heteroatoms. The Balaban J connectivity index is 1.90. The average Bonchev–Trinajstić information content (AvgIpc) is 2.62. The van der Waals surface area contributed by atoms with Gasteiger partial charge in [-0.25, -0.2) is 4.98 Å². The van der Waals surface area contributed by atoms with Crippen molar-refractivity contribution in [3.05, 3.63) is 45.7 Å². The van der Waals surface area contributed by atoms with Crippen molar-refractivity contribution in [2.45, 2.75) is 44.2 Å². The molecule has 1 aliphatic rings. The summed E-state index contributed by atoms with van der Waals surface area (Å²) in [5.41, 5.74) is 1.23. The fourth-order valence-electron chi connectivity index (χ4n) is 2.97. The van der Waals surface area contributed by atoms with Gasteiger partial charge in [0.2, 0.25) is 5.91 Å². The minimum Gasteiger partial charge on any atom is -0.494 e. The summed E-state index contributed by atoms with van der Waals surface area (Å²) in [5.74, 6) is 1.52. The number of carbonyl (C=O) groups is 1. The van der Waals surface area contributed by atoms with Gasteiger partial charge in [-0.3, -0.25) is 9.59 Å². The van der Waals surface area contributed by atoms with Crippen molar-refractivity contribution < 1.29 is 9.53 Å². The van der Waals surface area contributed by atoms with Crippen molar-refractivity contribution in [3.63, 3.8) is 0 Å². The van der Waals surface area contributed by atoms with E-state index < -0.39 is 0 Å². The number of carbonyl (C=O) groups excluding carboxylic acids is 1. The van der Waals surface area contributed by atoms with Crippen LogP contribution in [0.1, 0.15) is 50.2 Å². The normalized spacial score (nSPS) is 16.1. The van der Waals surface area contributed by atoms with E-state index >= 15 is 0 Å². The molecule has 0 radical (unpaired) electrons. The molecule has 0 saturated heterocycles. The minimum absolute atomic E-state index is 0.128. The molecule has 0 aliphatic carbocycles. The van der Waals surface area contributed by atoms with Gasteiger partial charge in [0.25, 0.3) is 5.56 Å². The highest BCUT2D eigenvalue weighted by molar-refractivity contribution is 7.99. The van der Waals surface area contributed by atoms with Gasteiger partial charge in [0, 0.05) is 12.3 Å². The maximum absolute atomic E-state index is 12.6. The predicted octanol–water partition coefficient (Wildman–Crippen LogP) is 3.53. The van der Waals surface area contributed by atoms with E-state index in [4.69, 9.17) is 4.74 Å². The first-order valence-corrected chi connectivity index (χ1v) is 9.90. The van der Waals surface area contributed by atoms with Crippen molar-refractivity contribution in [3.8, 4) is 5.75 Å². The number of benzene rings is 1. The van der Waals surface area contributed by atoms with Crippen LogP contribution in [-0.4, -0.2) is 28.2 Å². The lowest BCUT2D eigenvalue weighted by Gasteiger charge is -2.24. The number of thioether (sulfide) groups is 1. The second-order valence-corrected chi connectivity index (χ2v) is 7.40. The van der Waals surface area contributed by atoms with Gasteiger partial charge in [-0.05, 0) is 29.9 Å². The van der Waals surface area contributed by atoms with Gasteiger partial charge in [-0.1, -0.05) is 44.2 Å². The molecule has 3 rings (SSSR count). The number of fused-ring (bicyclic) bond motifs is 1.